The Morgan fingerprint density at radius 3 is 2.60 bits per heavy atom. The molecule has 0 fully saturated rings. The lowest BCUT2D eigenvalue weighted by atomic mass is 10.1. The Kier molecular flexibility index (Phi) is 6.15. The standard InChI is InChI=1S/C13H24N2O3S2/c1-6-14-8-11-10(2)7-12(19-11)20(16,17)15-9-13(3,4)18-5/h7,14-15H,6,8-9H2,1-5H3. The molecule has 0 spiro atoms. The van der Waals surface area contributed by atoms with Crippen LogP contribution in [0.5, 0.6) is 0 Å². The van der Waals surface area contributed by atoms with E-state index in [9.17, 15) is 8.42 Å². The number of hydrogen-bond acceptors (Lipinski definition) is 5. The van der Waals surface area contributed by atoms with E-state index in [1.165, 1.54) is 11.3 Å². The van der Waals surface area contributed by atoms with Crippen molar-refractivity contribution in [2.24, 2.45) is 0 Å². The summed E-state index contributed by atoms with van der Waals surface area (Å²) >= 11 is 1.31. The molecule has 0 radical (unpaired) electrons. The molecule has 0 amide bonds. The maximum Gasteiger partial charge on any atom is 0.250 e. The lowest BCUT2D eigenvalue weighted by molar-refractivity contribution is 0.0276. The van der Waals surface area contributed by atoms with Crippen molar-refractivity contribution in [2.45, 2.75) is 44.0 Å². The van der Waals surface area contributed by atoms with Crippen LogP contribution in [0.3, 0.4) is 0 Å². The van der Waals surface area contributed by atoms with Crippen LogP contribution in [0.25, 0.3) is 0 Å². The number of sulfonamides is 1. The van der Waals surface area contributed by atoms with Gasteiger partial charge in [-0.2, -0.15) is 0 Å². The van der Waals surface area contributed by atoms with Crippen molar-refractivity contribution in [3.05, 3.63) is 16.5 Å². The summed E-state index contributed by atoms with van der Waals surface area (Å²) in [6.07, 6.45) is 0. The van der Waals surface area contributed by atoms with Gasteiger partial charge in [-0.25, -0.2) is 13.1 Å². The number of ether oxygens (including phenoxy) is 1. The molecule has 116 valence electrons. The van der Waals surface area contributed by atoms with Gasteiger partial charge in [-0.15, -0.1) is 11.3 Å². The Morgan fingerprint density at radius 1 is 1.40 bits per heavy atom. The normalized spacial score (nSPS) is 12.8. The zero-order valence-electron chi connectivity index (χ0n) is 12.7. The molecule has 0 aliphatic carbocycles. The van der Waals surface area contributed by atoms with Crippen LogP contribution in [0.15, 0.2) is 10.3 Å². The van der Waals surface area contributed by atoms with Crippen molar-refractivity contribution < 1.29 is 13.2 Å². The third-order valence-corrected chi connectivity index (χ3v) is 6.15. The van der Waals surface area contributed by atoms with Gasteiger partial charge in [-0.3, -0.25) is 0 Å². The van der Waals surface area contributed by atoms with Crippen molar-refractivity contribution in [1.29, 1.82) is 0 Å². The molecule has 7 heteroatoms. The highest BCUT2D eigenvalue weighted by molar-refractivity contribution is 7.91. The van der Waals surface area contributed by atoms with Gasteiger partial charge in [-0.05, 0) is 38.9 Å². The van der Waals surface area contributed by atoms with Crippen LogP contribution in [-0.2, 0) is 21.3 Å². The van der Waals surface area contributed by atoms with E-state index < -0.39 is 15.6 Å². The van der Waals surface area contributed by atoms with E-state index in [1.54, 1.807) is 13.2 Å². The van der Waals surface area contributed by atoms with Crippen LogP contribution in [-0.4, -0.2) is 34.2 Å². The molecule has 5 nitrogen and oxygen atoms in total. The lowest BCUT2D eigenvalue weighted by Crippen LogP contribution is -2.39. The zero-order valence-corrected chi connectivity index (χ0v) is 14.4. The number of hydrogen-bond donors (Lipinski definition) is 2. The second-order valence-electron chi connectivity index (χ2n) is 5.24. The molecule has 1 heterocycles. The van der Waals surface area contributed by atoms with Crippen LogP contribution in [0.2, 0.25) is 0 Å². The molecule has 0 unspecified atom stereocenters. The summed E-state index contributed by atoms with van der Waals surface area (Å²) < 4.78 is 32.7. The molecule has 20 heavy (non-hydrogen) atoms. The van der Waals surface area contributed by atoms with Crippen molar-refractivity contribution in [2.75, 3.05) is 20.2 Å². The van der Waals surface area contributed by atoms with Gasteiger partial charge in [0, 0.05) is 25.1 Å². The van der Waals surface area contributed by atoms with Crippen LogP contribution in [0.4, 0.5) is 0 Å². The Labute approximate surface area is 125 Å². The second kappa shape index (κ2) is 7.00. The first-order valence-corrected chi connectivity index (χ1v) is 8.86. The highest BCUT2D eigenvalue weighted by Gasteiger charge is 2.23. The van der Waals surface area contributed by atoms with Crippen LogP contribution in [0.1, 0.15) is 31.2 Å². The van der Waals surface area contributed by atoms with Crippen LogP contribution >= 0.6 is 11.3 Å². The van der Waals surface area contributed by atoms with Gasteiger partial charge >= 0.3 is 0 Å². The molecule has 1 aromatic heterocycles. The molecule has 2 N–H and O–H groups in total. The van der Waals surface area contributed by atoms with E-state index in [4.69, 9.17) is 4.74 Å². The van der Waals surface area contributed by atoms with Gasteiger partial charge in [0.1, 0.15) is 4.21 Å². The maximum atomic E-state index is 12.3. The smallest absolute Gasteiger partial charge is 0.250 e. The first-order chi connectivity index (χ1) is 9.22. The van der Waals surface area contributed by atoms with Gasteiger partial charge in [-0.1, -0.05) is 6.92 Å². The highest BCUT2D eigenvalue weighted by atomic mass is 32.2. The number of rotatable bonds is 8. The van der Waals surface area contributed by atoms with E-state index in [0.29, 0.717) is 10.8 Å². The minimum absolute atomic E-state index is 0.241. The average molecular weight is 320 g/mol. The molecule has 0 atom stereocenters. The molecule has 0 aliphatic rings. The van der Waals surface area contributed by atoms with E-state index in [1.807, 2.05) is 27.7 Å². The van der Waals surface area contributed by atoms with E-state index in [0.717, 1.165) is 17.0 Å². The predicted octanol–water partition coefficient (Wildman–Crippen LogP) is 1.87. The monoisotopic (exact) mass is 320 g/mol. The highest BCUT2D eigenvalue weighted by Crippen LogP contribution is 2.26. The maximum absolute atomic E-state index is 12.3. The SMILES string of the molecule is CCNCc1sc(S(=O)(=O)NCC(C)(C)OC)cc1C. The predicted molar refractivity (Wildman–Crippen MR) is 82.7 cm³/mol. The van der Waals surface area contributed by atoms with E-state index in [2.05, 4.69) is 10.0 Å². The molecular weight excluding hydrogens is 296 g/mol. The number of nitrogens with one attached hydrogen (secondary N) is 2. The molecular formula is C13H24N2O3S2. The Morgan fingerprint density at radius 2 is 2.05 bits per heavy atom. The molecule has 0 aliphatic heterocycles. The van der Waals surface area contributed by atoms with Crippen LogP contribution < -0.4 is 10.0 Å². The quantitative estimate of drug-likeness (QED) is 0.767. The van der Waals surface area contributed by atoms with Crippen LogP contribution in [0, 0.1) is 6.92 Å². The average Bonchev–Trinajstić information content (AvgIpc) is 2.76. The second-order valence-corrected chi connectivity index (χ2v) is 8.37. The molecule has 1 aromatic rings. The fourth-order valence-corrected chi connectivity index (χ4v) is 4.25. The van der Waals surface area contributed by atoms with Crippen molar-refractivity contribution in [1.82, 2.24) is 10.0 Å². The minimum atomic E-state index is -3.47. The largest absolute Gasteiger partial charge is 0.377 e. The summed E-state index contributed by atoms with van der Waals surface area (Å²) in [6.45, 7) is 9.44. The number of methoxy groups -OCH3 is 1. The van der Waals surface area contributed by atoms with E-state index in [-0.39, 0.29) is 6.54 Å². The van der Waals surface area contributed by atoms with Crippen molar-refractivity contribution >= 4 is 21.4 Å². The van der Waals surface area contributed by atoms with E-state index >= 15 is 0 Å². The topological polar surface area (TPSA) is 67.4 Å². The molecule has 0 aromatic carbocycles. The summed E-state index contributed by atoms with van der Waals surface area (Å²) in [7, 11) is -1.90. The summed E-state index contributed by atoms with van der Waals surface area (Å²) in [5, 5.41) is 3.21. The minimum Gasteiger partial charge on any atom is -0.377 e. The summed E-state index contributed by atoms with van der Waals surface area (Å²) in [6, 6.07) is 1.72. The van der Waals surface area contributed by atoms with Gasteiger partial charge in [0.15, 0.2) is 0 Å². The first kappa shape index (κ1) is 17.6. The Hall–Kier alpha value is -0.470. The summed E-state index contributed by atoms with van der Waals surface area (Å²) in [5.41, 5.74) is 0.480. The molecule has 1 rings (SSSR count). The van der Waals surface area contributed by atoms with Crippen molar-refractivity contribution in [3.63, 3.8) is 0 Å². The first-order valence-electron chi connectivity index (χ1n) is 6.56. The summed E-state index contributed by atoms with van der Waals surface area (Å²) in [5.74, 6) is 0. The number of aryl methyl sites for hydroxylation is 1. The fourth-order valence-electron chi connectivity index (χ4n) is 1.45. The Balaban J connectivity index is 2.82. The van der Waals surface area contributed by atoms with Crippen molar-refractivity contribution in [3.8, 4) is 0 Å². The molecule has 0 saturated carbocycles. The van der Waals surface area contributed by atoms with Gasteiger partial charge < -0.3 is 10.1 Å². The Bertz CT molecular complexity index is 536. The zero-order chi connectivity index (χ0) is 15.4. The molecule has 0 saturated heterocycles. The summed E-state index contributed by atoms with van der Waals surface area (Å²) in [4.78, 5) is 1.05. The third-order valence-electron chi connectivity index (χ3n) is 3.04. The van der Waals surface area contributed by atoms with Gasteiger partial charge in [0.05, 0.1) is 5.60 Å². The number of thiophene rings is 1. The van der Waals surface area contributed by atoms with Gasteiger partial charge in [0.25, 0.3) is 0 Å². The third kappa shape index (κ3) is 4.82. The molecule has 0 bridgehead atoms. The van der Waals surface area contributed by atoms with Gasteiger partial charge in [0.2, 0.25) is 10.0 Å². The lowest BCUT2D eigenvalue weighted by Gasteiger charge is -2.22. The fraction of sp³-hybridized carbons (Fsp3) is 0.692.